The van der Waals surface area contributed by atoms with Crippen molar-refractivity contribution < 1.29 is 18.7 Å². The van der Waals surface area contributed by atoms with Gasteiger partial charge in [-0.2, -0.15) is 0 Å². The molecule has 5 nitrogen and oxygen atoms in total. The highest BCUT2D eigenvalue weighted by molar-refractivity contribution is 5.85. The van der Waals surface area contributed by atoms with Gasteiger partial charge < -0.3 is 13.9 Å². The molecule has 0 atom stereocenters. The fourth-order valence-electron chi connectivity index (χ4n) is 1.61. The van der Waals surface area contributed by atoms with E-state index in [0.29, 0.717) is 16.7 Å². The number of hydrogen-bond acceptors (Lipinski definition) is 5. The molecule has 0 unspecified atom stereocenters. The van der Waals surface area contributed by atoms with E-state index in [1.54, 1.807) is 18.2 Å². The summed E-state index contributed by atoms with van der Waals surface area (Å²) in [5.74, 6) is 0.248. The highest BCUT2D eigenvalue weighted by Crippen LogP contribution is 2.30. The monoisotopic (exact) mass is 260 g/mol. The van der Waals surface area contributed by atoms with Crippen LogP contribution in [0.3, 0.4) is 0 Å². The van der Waals surface area contributed by atoms with Gasteiger partial charge in [0.05, 0.1) is 5.39 Å². The maximum absolute atomic E-state index is 11.2. The van der Waals surface area contributed by atoms with Crippen LogP contribution in [-0.2, 0) is 4.79 Å². The zero-order valence-electron chi connectivity index (χ0n) is 10.3. The van der Waals surface area contributed by atoms with Crippen molar-refractivity contribution in [2.24, 2.45) is 0 Å². The molecule has 0 aliphatic heterocycles. The van der Waals surface area contributed by atoms with Crippen LogP contribution in [0.5, 0.6) is 11.5 Å². The molecule has 1 aromatic carbocycles. The summed E-state index contributed by atoms with van der Waals surface area (Å²) < 4.78 is 15.5. The molecule has 0 fully saturated rings. The van der Waals surface area contributed by atoms with Gasteiger partial charge in [0.1, 0.15) is 23.7 Å². The molecule has 0 bridgehead atoms. The van der Waals surface area contributed by atoms with Crippen LogP contribution in [0, 0.1) is 0 Å². The Bertz CT molecular complexity index is 684. The number of carbonyl (C=O) groups is 1. The molecule has 1 heterocycles. The van der Waals surface area contributed by atoms with Gasteiger partial charge in [0, 0.05) is 25.1 Å². The third-order valence-electron chi connectivity index (χ3n) is 2.29. The normalized spacial score (nSPS) is 10.2. The predicted molar refractivity (Wildman–Crippen MR) is 69.5 cm³/mol. The van der Waals surface area contributed by atoms with E-state index < -0.39 is 11.6 Å². The quantitative estimate of drug-likeness (QED) is 0.365. The number of esters is 1. The summed E-state index contributed by atoms with van der Waals surface area (Å²) in [6.45, 7) is 5.13. The average Bonchev–Trinajstić information content (AvgIpc) is 2.34. The molecule has 0 radical (unpaired) electrons. The summed E-state index contributed by atoms with van der Waals surface area (Å²) in [5.41, 5.74) is -0.188. The SMILES string of the molecule is C=CCOc1cc(OC(C)=O)cc2oc(=O)ccc12. The van der Waals surface area contributed by atoms with Crippen molar-refractivity contribution in [3.8, 4) is 11.5 Å². The highest BCUT2D eigenvalue weighted by Gasteiger charge is 2.09. The Morgan fingerprint density at radius 3 is 2.89 bits per heavy atom. The van der Waals surface area contributed by atoms with E-state index in [2.05, 4.69) is 6.58 Å². The number of fused-ring (bicyclic) bond motifs is 1. The summed E-state index contributed by atoms with van der Waals surface area (Å²) >= 11 is 0. The van der Waals surface area contributed by atoms with E-state index in [1.807, 2.05) is 0 Å². The lowest BCUT2D eigenvalue weighted by Crippen LogP contribution is -2.03. The molecule has 19 heavy (non-hydrogen) atoms. The highest BCUT2D eigenvalue weighted by atomic mass is 16.5. The maximum Gasteiger partial charge on any atom is 0.336 e. The van der Waals surface area contributed by atoms with Gasteiger partial charge in [0.25, 0.3) is 0 Å². The minimum Gasteiger partial charge on any atom is -0.489 e. The summed E-state index contributed by atoms with van der Waals surface area (Å²) in [7, 11) is 0. The van der Waals surface area contributed by atoms with Crippen molar-refractivity contribution in [1.82, 2.24) is 0 Å². The third kappa shape index (κ3) is 3.01. The van der Waals surface area contributed by atoms with Gasteiger partial charge in [-0.05, 0) is 6.07 Å². The molecule has 0 N–H and O–H groups in total. The van der Waals surface area contributed by atoms with Crippen molar-refractivity contribution in [1.29, 1.82) is 0 Å². The zero-order valence-corrected chi connectivity index (χ0v) is 10.3. The van der Waals surface area contributed by atoms with Gasteiger partial charge >= 0.3 is 11.6 Å². The Hall–Kier alpha value is -2.56. The smallest absolute Gasteiger partial charge is 0.336 e. The van der Waals surface area contributed by atoms with E-state index in [4.69, 9.17) is 13.9 Å². The van der Waals surface area contributed by atoms with Gasteiger partial charge in [-0.1, -0.05) is 12.7 Å². The molecule has 0 saturated heterocycles. The van der Waals surface area contributed by atoms with Crippen LogP contribution >= 0.6 is 0 Å². The molecular formula is C14H12O5. The fraction of sp³-hybridized carbons (Fsp3) is 0.143. The van der Waals surface area contributed by atoms with Gasteiger partial charge in [0.15, 0.2) is 0 Å². The number of carbonyl (C=O) groups excluding carboxylic acids is 1. The lowest BCUT2D eigenvalue weighted by atomic mass is 10.2. The zero-order chi connectivity index (χ0) is 13.8. The predicted octanol–water partition coefficient (Wildman–Crippen LogP) is 2.28. The van der Waals surface area contributed by atoms with E-state index in [1.165, 1.54) is 19.1 Å². The number of ether oxygens (including phenoxy) is 2. The molecule has 98 valence electrons. The second-order valence-electron chi connectivity index (χ2n) is 3.78. The van der Waals surface area contributed by atoms with Gasteiger partial charge in [0.2, 0.25) is 0 Å². The van der Waals surface area contributed by atoms with Crippen LogP contribution < -0.4 is 15.1 Å². The molecule has 1 aromatic heterocycles. The van der Waals surface area contributed by atoms with Gasteiger partial charge in [-0.15, -0.1) is 0 Å². The largest absolute Gasteiger partial charge is 0.489 e. The average molecular weight is 260 g/mol. The lowest BCUT2D eigenvalue weighted by molar-refractivity contribution is -0.131. The van der Waals surface area contributed by atoms with Crippen LogP contribution in [0.25, 0.3) is 11.0 Å². The first kappa shape index (κ1) is 12.9. The van der Waals surface area contributed by atoms with Crippen molar-refractivity contribution in [2.75, 3.05) is 6.61 Å². The molecule has 0 amide bonds. The first-order valence-corrected chi connectivity index (χ1v) is 5.60. The Balaban J connectivity index is 2.57. The summed E-state index contributed by atoms with van der Waals surface area (Å²) in [6.07, 6.45) is 1.59. The topological polar surface area (TPSA) is 65.7 Å². The van der Waals surface area contributed by atoms with E-state index in [9.17, 15) is 9.59 Å². The van der Waals surface area contributed by atoms with Crippen LogP contribution in [0.15, 0.2) is 46.1 Å². The van der Waals surface area contributed by atoms with Gasteiger partial charge in [-0.3, -0.25) is 4.79 Å². The molecule has 0 saturated carbocycles. The van der Waals surface area contributed by atoms with Crippen molar-refractivity contribution in [3.63, 3.8) is 0 Å². The Morgan fingerprint density at radius 1 is 1.42 bits per heavy atom. The Morgan fingerprint density at radius 2 is 2.21 bits per heavy atom. The van der Waals surface area contributed by atoms with Crippen LogP contribution in [-0.4, -0.2) is 12.6 Å². The van der Waals surface area contributed by atoms with E-state index in [0.717, 1.165) is 0 Å². The van der Waals surface area contributed by atoms with Crippen molar-refractivity contribution in [2.45, 2.75) is 6.92 Å². The molecule has 2 rings (SSSR count). The van der Waals surface area contributed by atoms with Crippen LogP contribution in [0.2, 0.25) is 0 Å². The first-order valence-electron chi connectivity index (χ1n) is 5.60. The molecule has 5 heteroatoms. The molecule has 0 aliphatic carbocycles. The van der Waals surface area contributed by atoms with Gasteiger partial charge in [-0.25, -0.2) is 4.79 Å². The summed E-state index contributed by atoms with van der Waals surface area (Å²) in [6, 6.07) is 5.93. The lowest BCUT2D eigenvalue weighted by Gasteiger charge is -2.09. The van der Waals surface area contributed by atoms with Crippen LogP contribution in [0.1, 0.15) is 6.92 Å². The number of rotatable bonds is 4. The summed E-state index contributed by atoms with van der Waals surface area (Å²) in [5, 5.41) is 0.623. The minimum atomic E-state index is -0.484. The molecule has 0 aliphatic rings. The number of benzene rings is 1. The fourth-order valence-corrected chi connectivity index (χ4v) is 1.61. The summed E-state index contributed by atoms with van der Waals surface area (Å²) in [4.78, 5) is 22.2. The minimum absolute atomic E-state index is 0.258. The van der Waals surface area contributed by atoms with Crippen molar-refractivity contribution >= 4 is 16.9 Å². The third-order valence-corrected chi connectivity index (χ3v) is 2.29. The standard InChI is InChI=1S/C14H12O5/c1-3-6-17-12-7-10(18-9(2)15)8-13-11(12)4-5-14(16)19-13/h3-5,7-8H,1,6H2,2H3. The first-order chi connectivity index (χ1) is 9.10. The van der Waals surface area contributed by atoms with Crippen LogP contribution in [0.4, 0.5) is 0 Å². The second-order valence-corrected chi connectivity index (χ2v) is 3.78. The Kier molecular flexibility index (Phi) is 3.66. The second kappa shape index (κ2) is 5.39. The molecular weight excluding hydrogens is 248 g/mol. The molecule has 0 spiro atoms. The van der Waals surface area contributed by atoms with Crippen molar-refractivity contribution in [3.05, 3.63) is 47.3 Å². The maximum atomic E-state index is 11.2. The molecule has 2 aromatic rings. The van der Waals surface area contributed by atoms with E-state index in [-0.39, 0.29) is 12.4 Å². The van der Waals surface area contributed by atoms with E-state index >= 15 is 0 Å². The number of hydrogen-bond donors (Lipinski definition) is 0. The Labute approximate surface area is 109 Å².